The van der Waals surface area contributed by atoms with Crippen LogP contribution in [0, 0.1) is 0 Å². The third-order valence-electron chi connectivity index (χ3n) is 4.24. The molecule has 1 aliphatic heterocycles. The molecule has 5 nitrogen and oxygen atoms in total. The summed E-state index contributed by atoms with van der Waals surface area (Å²) in [7, 11) is 3.45. The number of nitrogens with one attached hydrogen (secondary N) is 1. The predicted octanol–water partition coefficient (Wildman–Crippen LogP) is 2.34. The summed E-state index contributed by atoms with van der Waals surface area (Å²) in [5, 5.41) is 3.92. The van der Waals surface area contributed by atoms with Crippen molar-refractivity contribution in [1.29, 1.82) is 0 Å². The average Bonchev–Trinajstić information content (AvgIpc) is 2.58. The number of halogens is 1. The van der Waals surface area contributed by atoms with Crippen molar-refractivity contribution in [2.75, 3.05) is 40.4 Å². The molecular formula is C17H25ClN2O3. The molecule has 0 aromatic heterocycles. The Bertz CT molecular complexity index is 518. The number of hydrogen-bond donors (Lipinski definition) is 1. The number of carbonyl (C=O) groups is 1. The van der Waals surface area contributed by atoms with E-state index in [2.05, 4.69) is 5.32 Å². The van der Waals surface area contributed by atoms with Crippen LogP contribution in [0.3, 0.4) is 0 Å². The van der Waals surface area contributed by atoms with E-state index in [-0.39, 0.29) is 5.91 Å². The number of carbonyl (C=O) groups excluding carboxylic acids is 1. The van der Waals surface area contributed by atoms with Crippen LogP contribution in [0.1, 0.15) is 19.3 Å². The van der Waals surface area contributed by atoms with Gasteiger partial charge >= 0.3 is 0 Å². The molecule has 128 valence electrons. The van der Waals surface area contributed by atoms with Gasteiger partial charge in [0.15, 0.2) is 0 Å². The van der Waals surface area contributed by atoms with Gasteiger partial charge in [0.2, 0.25) is 0 Å². The zero-order chi connectivity index (χ0) is 16.7. The average molecular weight is 341 g/mol. The summed E-state index contributed by atoms with van der Waals surface area (Å²) in [6, 6.07) is 7.32. The molecule has 0 bridgehead atoms. The molecule has 0 atom stereocenters. The molecule has 1 aromatic carbocycles. The second-order valence-electron chi connectivity index (χ2n) is 5.83. The molecule has 1 fully saturated rings. The van der Waals surface area contributed by atoms with E-state index in [1.807, 2.05) is 25.2 Å². The number of hydrogen-bond acceptors (Lipinski definition) is 4. The molecule has 0 aliphatic carbocycles. The van der Waals surface area contributed by atoms with Crippen LogP contribution in [0.5, 0.6) is 5.75 Å². The van der Waals surface area contributed by atoms with Gasteiger partial charge in [0.1, 0.15) is 11.4 Å². The summed E-state index contributed by atoms with van der Waals surface area (Å²) < 4.78 is 11.2. The van der Waals surface area contributed by atoms with E-state index >= 15 is 0 Å². The minimum atomic E-state index is -0.673. The van der Waals surface area contributed by atoms with Gasteiger partial charge in [-0.3, -0.25) is 4.79 Å². The van der Waals surface area contributed by atoms with E-state index in [9.17, 15) is 4.79 Å². The summed E-state index contributed by atoms with van der Waals surface area (Å²) in [6.45, 7) is 2.80. The molecule has 1 N–H and O–H groups in total. The van der Waals surface area contributed by atoms with Crippen LogP contribution in [0.15, 0.2) is 24.3 Å². The third-order valence-corrected chi connectivity index (χ3v) is 4.48. The van der Waals surface area contributed by atoms with Crippen LogP contribution in [0.2, 0.25) is 5.02 Å². The number of likely N-dealkylation sites (N-methyl/N-ethyl adjacent to an activating group) is 1. The van der Waals surface area contributed by atoms with Crippen LogP contribution in [-0.2, 0) is 9.53 Å². The van der Waals surface area contributed by atoms with Crippen molar-refractivity contribution >= 4 is 17.5 Å². The van der Waals surface area contributed by atoms with Gasteiger partial charge in [-0.15, -0.1) is 0 Å². The standard InChI is InChI=1S/C17H25ClN2O3/c1-20(16(21)17(22-2)7-9-19-10-8-17)11-4-12-23-15-6-3-5-14(18)13-15/h3,5-6,13,19H,4,7-12H2,1-2H3. The Morgan fingerprint density at radius 2 is 2.13 bits per heavy atom. The molecule has 0 saturated carbocycles. The van der Waals surface area contributed by atoms with Crippen molar-refractivity contribution in [3.05, 3.63) is 29.3 Å². The summed E-state index contributed by atoms with van der Waals surface area (Å²) in [5.41, 5.74) is -0.673. The Morgan fingerprint density at radius 1 is 1.39 bits per heavy atom. The van der Waals surface area contributed by atoms with Gasteiger partial charge < -0.3 is 19.7 Å². The zero-order valence-electron chi connectivity index (χ0n) is 13.8. The minimum Gasteiger partial charge on any atom is -0.493 e. The molecule has 1 amide bonds. The zero-order valence-corrected chi connectivity index (χ0v) is 14.6. The van der Waals surface area contributed by atoms with Crippen molar-refractivity contribution in [1.82, 2.24) is 10.2 Å². The van der Waals surface area contributed by atoms with Gasteiger partial charge in [0, 0.05) is 25.7 Å². The molecular weight excluding hydrogens is 316 g/mol. The number of ether oxygens (including phenoxy) is 2. The fraction of sp³-hybridized carbons (Fsp3) is 0.588. The van der Waals surface area contributed by atoms with Crippen LogP contribution >= 0.6 is 11.6 Å². The number of nitrogens with zero attached hydrogens (tertiary/aromatic N) is 1. The lowest BCUT2D eigenvalue weighted by Crippen LogP contribution is -2.54. The van der Waals surface area contributed by atoms with Gasteiger partial charge in [0.05, 0.1) is 6.61 Å². The second-order valence-corrected chi connectivity index (χ2v) is 6.27. The first-order valence-corrected chi connectivity index (χ1v) is 8.35. The Morgan fingerprint density at radius 3 is 2.78 bits per heavy atom. The lowest BCUT2D eigenvalue weighted by atomic mass is 9.90. The first kappa shape index (κ1) is 18.0. The second kappa shape index (κ2) is 8.52. The molecule has 1 saturated heterocycles. The minimum absolute atomic E-state index is 0.0595. The Kier molecular flexibility index (Phi) is 6.69. The quantitative estimate of drug-likeness (QED) is 0.774. The number of methoxy groups -OCH3 is 1. The summed E-state index contributed by atoms with van der Waals surface area (Å²) in [5.74, 6) is 0.808. The molecule has 23 heavy (non-hydrogen) atoms. The lowest BCUT2D eigenvalue weighted by molar-refractivity contribution is -0.157. The fourth-order valence-corrected chi connectivity index (χ4v) is 3.01. The first-order valence-electron chi connectivity index (χ1n) is 7.97. The predicted molar refractivity (Wildman–Crippen MR) is 91.0 cm³/mol. The van der Waals surface area contributed by atoms with Crippen molar-refractivity contribution < 1.29 is 14.3 Å². The molecule has 1 heterocycles. The molecule has 1 aromatic rings. The van der Waals surface area contributed by atoms with Crippen molar-refractivity contribution in [3.8, 4) is 5.75 Å². The molecule has 0 spiro atoms. The lowest BCUT2D eigenvalue weighted by Gasteiger charge is -2.37. The van der Waals surface area contributed by atoms with Crippen LogP contribution in [0.25, 0.3) is 0 Å². The smallest absolute Gasteiger partial charge is 0.254 e. The van der Waals surface area contributed by atoms with E-state index in [1.165, 1.54) is 0 Å². The Hall–Kier alpha value is -1.30. The number of amides is 1. The van der Waals surface area contributed by atoms with E-state index in [4.69, 9.17) is 21.1 Å². The topological polar surface area (TPSA) is 50.8 Å². The third kappa shape index (κ3) is 4.83. The van der Waals surface area contributed by atoms with Crippen molar-refractivity contribution in [3.63, 3.8) is 0 Å². The van der Waals surface area contributed by atoms with Gasteiger partial charge in [0.25, 0.3) is 5.91 Å². The normalized spacial score (nSPS) is 16.8. The maximum absolute atomic E-state index is 12.7. The highest BCUT2D eigenvalue weighted by Crippen LogP contribution is 2.25. The summed E-state index contributed by atoms with van der Waals surface area (Å²) in [6.07, 6.45) is 2.18. The van der Waals surface area contributed by atoms with Crippen molar-refractivity contribution in [2.45, 2.75) is 24.9 Å². The van der Waals surface area contributed by atoms with Gasteiger partial charge in [-0.25, -0.2) is 0 Å². The Labute approximate surface area is 142 Å². The van der Waals surface area contributed by atoms with Crippen LogP contribution < -0.4 is 10.1 Å². The maximum Gasteiger partial charge on any atom is 0.254 e. The molecule has 0 radical (unpaired) electrons. The number of benzene rings is 1. The highest BCUT2D eigenvalue weighted by Gasteiger charge is 2.41. The fourth-order valence-electron chi connectivity index (χ4n) is 2.83. The molecule has 1 aliphatic rings. The molecule has 2 rings (SSSR count). The van der Waals surface area contributed by atoms with E-state index in [0.29, 0.717) is 31.0 Å². The molecule has 0 unspecified atom stereocenters. The van der Waals surface area contributed by atoms with E-state index in [0.717, 1.165) is 25.3 Å². The highest BCUT2D eigenvalue weighted by atomic mass is 35.5. The number of piperidine rings is 1. The van der Waals surface area contributed by atoms with Crippen LogP contribution in [0.4, 0.5) is 0 Å². The Balaban J connectivity index is 1.77. The van der Waals surface area contributed by atoms with E-state index < -0.39 is 5.60 Å². The summed E-state index contributed by atoms with van der Waals surface area (Å²) >= 11 is 5.92. The van der Waals surface area contributed by atoms with Gasteiger partial charge in [-0.1, -0.05) is 17.7 Å². The maximum atomic E-state index is 12.7. The number of rotatable bonds is 7. The van der Waals surface area contributed by atoms with Gasteiger partial charge in [-0.05, 0) is 50.6 Å². The van der Waals surface area contributed by atoms with Crippen molar-refractivity contribution in [2.24, 2.45) is 0 Å². The summed E-state index contributed by atoms with van der Waals surface area (Å²) in [4.78, 5) is 14.4. The monoisotopic (exact) mass is 340 g/mol. The van der Waals surface area contributed by atoms with E-state index in [1.54, 1.807) is 18.1 Å². The van der Waals surface area contributed by atoms with Gasteiger partial charge in [-0.2, -0.15) is 0 Å². The SMILES string of the molecule is COC1(C(=O)N(C)CCCOc2cccc(Cl)c2)CCNCC1. The first-order chi connectivity index (χ1) is 11.1. The molecule has 6 heteroatoms. The highest BCUT2D eigenvalue weighted by molar-refractivity contribution is 6.30. The van der Waals surface area contributed by atoms with Crippen LogP contribution in [-0.4, -0.2) is 56.8 Å². The largest absolute Gasteiger partial charge is 0.493 e.